The van der Waals surface area contributed by atoms with Crippen LogP contribution in [0.15, 0.2) is 28.5 Å². The number of hydrogen-bond donors (Lipinski definition) is 1. The van der Waals surface area contributed by atoms with E-state index >= 15 is 0 Å². The standard InChI is InChI=1S/C21H25N3O8S2/c1-14-10-17(24(27)28)18(31-2)12-16(14)22-19(25)13-32-20(26)11-15-6-7-21(33-15)34(29,30)23-8-4-3-5-9-23/h6-7,10,12H,3-5,8-9,11,13H2,1-2H3,(H,22,25). The van der Waals surface area contributed by atoms with Gasteiger partial charge in [-0.05, 0) is 37.5 Å². The van der Waals surface area contributed by atoms with E-state index in [1.54, 1.807) is 13.0 Å². The van der Waals surface area contributed by atoms with Crippen molar-refractivity contribution in [2.24, 2.45) is 0 Å². The largest absolute Gasteiger partial charge is 0.490 e. The monoisotopic (exact) mass is 511 g/mol. The lowest BCUT2D eigenvalue weighted by Gasteiger charge is -2.25. The molecule has 34 heavy (non-hydrogen) atoms. The number of anilines is 1. The molecule has 0 atom stereocenters. The number of nitrogens with zero attached hydrogens (tertiary/aromatic N) is 2. The van der Waals surface area contributed by atoms with E-state index in [0.717, 1.165) is 30.6 Å². The summed E-state index contributed by atoms with van der Waals surface area (Å²) in [6.45, 7) is 2.00. The van der Waals surface area contributed by atoms with Gasteiger partial charge >= 0.3 is 11.7 Å². The number of rotatable bonds is 9. The molecule has 13 heteroatoms. The van der Waals surface area contributed by atoms with Crippen molar-refractivity contribution in [3.05, 3.63) is 44.8 Å². The highest BCUT2D eigenvalue weighted by Gasteiger charge is 2.27. The molecule has 1 aliphatic rings. The van der Waals surface area contributed by atoms with Gasteiger partial charge in [-0.15, -0.1) is 11.3 Å². The van der Waals surface area contributed by atoms with E-state index < -0.39 is 33.4 Å². The molecule has 1 aromatic carbocycles. The maximum absolute atomic E-state index is 12.7. The summed E-state index contributed by atoms with van der Waals surface area (Å²) in [5, 5.41) is 13.6. The van der Waals surface area contributed by atoms with Crippen molar-refractivity contribution in [2.75, 3.05) is 32.1 Å². The molecule has 0 bridgehead atoms. The van der Waals surface area contributed by atoms with Crippen LogP contribution in [0.25, 0.3) is 0 Å². The zero-order valence-corrected chi connectivity index (χ0v) is 20.4. The van der Waals surface area contributed by atoms with E-state index in [2.05, 4.69) is 5.32 Å². The lowest BCUT2D eigenvalue weighted by Crippen LogP contribution is -2.35. The summed E-state index contributed by atoms with van der Waals surface area (Å²) in [6, 6.07) is 5.64. The molecule has 1 aromatic heterocycles. The molecule has 2 heterocycles. The number of methoxy groups -OCH3 is 1. The zero-order chi connectivity index (χ0) is 24.9. The Morgan fingerprint density at radius 3 is 2.56 bits per heavy atom. The van der Waals surface area contributed by atoms with Gasteiger partial charge in [0.25, 0.3) is 15.9 Å². The van der Waals surface area contributed by atoms with Crippen molar-refractivity contribution in [2.45, 2.75) is 36.8 Å². The number of amides is 1. The number of nitro groups is 1. The average Bonchev–Trinajstić information content (AvgIpc) is 3.28. The minimum atomic E-state index is -3.57. The summed E-state index contributed by atoms with van der Waals surface area (Å²) >= 11 is 1.01. The predicted molar refractivity (Wildman–Crippen MR) is 125 cm³/mol. The Balaban J connectivity index is 1.55. The van der Waals surface area contributed by atoms with E-state index in [4.69, 9.17) is 9.47 Å². The maximum atomic E-state index is 12.7. The number of ether oxygens (including phenoxy) is 2. The zero-order valence-electron chi connectivity index (χ0n) is 18.7. The molecule has 0 saturated carbocycles. The van der Waals surface area contributed by atoms with Crippen LogP contribution >= 0.6 is 11.3 Å². The van der Waals surface area contributed by atoms with Gasteiger partial charge in [0.1, 0.15) is 4.21 Å². The summed E-state index contributed by atoms with van der Waals surface area (Å²) in [5.41, 5.74) is 0.490. The number of hydrogen-bond acceptors (Lipinski definition) is 9. The fraction of sp³-hybridized carbons (Fsp3) is 0.429. The van der Waals surface area contributed by atoms with Gasteiger partial charge in [-0.1, -0.05) is 6.42 Å². The molecule has 1 saturated heterocycles. The number of aryl methyl sites for hydroxylation is 1. The van der Waals surface area contributed by atoms with Crippen LogP contribution in [0.4, 0.5) is 11.4 Å². The van der Waals surface area contributed by atoms with E-state index in [-0.39, 0.29) is 27.8 Å². The van der Waals surface area contributed by atoms with Gasteiger partial charge in [0.05, 0.1) is 18.5 Å². The lowest BCUT2D eigenvalue weighted by molar-refractivity contribution is -0.385. The summed E-state index contributed by atoms with van der Waals surface area (Å²) in [6.07, 6.45) is 2.51. The number of piperidine rings is 1. The van der Waals surface area contributed by atoms with Crippen LogP contribution in [-0.2, 0) is 30.8 Å². The molecule has 1 fully saturated rings. The molecule has 1 N–H and O–H groups in total. The van der Waals surface area contributed by atoms with Crippen molar-refractivity contribution in [1.29, 1.82) is 0 Å². The maximum Gasteiger partial charge on any atom is 0.311 e. The van der Waals surface area contributed by atoms with Crippen LogP contribution in [0, 0.1) is 17.0 Å². The van der Waals surface area contributed by atoms with E-state index in [1.165, 1.54) is 29.6 Å². The average molecular weight is 512 g/mol. The Kier molecular flexibility index (Phi) is 8.23. The molecule has 0 aliphatic carbocycles. The van der Waals surface area contributed by atoms with Gasteiger partial charge in [0, 0.05) is 35.8 Å². The van der Waals surface area contributed by atoms with Crippen LogP contribution in [-0.4, -0.2) is 56.3 Å². The number of carbonyl (C=O) groups is 2. The molecule has 1 aliphatic heterocycles. The Morgan fingerprint density at radius 1 is 1.21 bits per heavy atom. The number of nitro benzene ring substituents is 1. The van der Waals surface area contributed by atoms with Crippen LogP contribution in [0.1, 0.15) is 29.7 Å². The fourth-order valence-corrected chi connectivity index (χ4v) is 6.48. The number of thiophene rings is 1. The van der Waals surface area contributed by atoms with E-state index in [0.29, 0.717) is 23.5 Å². The molecular weight excluding hydrogens is 486 g/mol. The molecule has 3 rings (SSSR count). The van der Waals surface area contributed by atoms with Crippen molar-refractivity contribution < 1.29 is 32.4 Å². The molecule has 11 nitrogen and oxygen atoms in total. The van der Waals surface area contributed by atoms with Crippen LogP contribution in [0.5, 0.6) is 5.75 Å². The third-order valence-corrected chi connectivity index (χ3v) is 8.68. The second-order valence-electron chi connectivity index (χ2n) is 7.67. The number of sulfonamides is 1. The first-order valence-electron chi connectivity index (χ1n) is 10.5. The van der Waals surface area contributed by atoms with Crippen molar-refractivity contribution in [3.63, 3.8) is 0 Å². The van der Waals surface area contributed by atoms with E-state index in [1.807, 2.05) is 0 Å². The first-order chi connectivity index (χ1) is 16.1. The van der Waals surface area contributed by atoms with Gasteiger partial charge in [-0.3, -0.25) is 19.7 Å². The summed E-state index contributed by atoms with van der Waals surface area (Å²) < 4.78 is 37.1. The number of benzene rings is 1. The molecule has 0 spiro atoms. The van der Waals surface area contributed by atoms with Crippen molar-refractivity contribution >= 4 is 44.6 Å². The molecule has 184 valence electrons. The Morgan fingerprint density at radius 2 is 1.91 bits per heavy atom. The predicted octanol–water partition coefficient (Wildman–Crippen LogP) is 2.87. The topological polar surface area (TPSA) is 145 Å². The lowest BCUT2D eigenvalue weighted by atomic mass is 10.1. The SMILES string of the molecule is COc1cc(NC(=O)COC(=O)Cc2ccc(S(=O)(=O)N3CCCCC3)s2)c(C)cc1[N+](=O)[O-]. The van der Waals surface area contributed by atoms with Crippen LogP contribution < -0.4 is 10.1 Å². The Hall–Kier alpha value is -3.03. The molecule has 2 aromatic rings. The normalized spacial score (nSPS) is 14.4. The highest BCUT2D eigenvalue weighted by atomic mass is 32.2. The van der Waals surface area contributed by atoms with Crippen molar-refractivity contribution in [3.8, 4) is 5.75 Å². The molecule has 0 unspecified atom stereocenters. The van der Waals surface area contributed by atoms with E-state index in [9.17, 15) is 28.1 Å². The Bertz CT molecular complexity index is 1190. The molecule has 1 amide bonds. The Labute approximate surface area is 200 Å². The number of esters is 1. The number of nitrogens with one attached hydrogen (secondary N) is 1. The second kappa shape index (κ2) is 10.9. The summed E-state index contributed by atoms with van der Waals surface area (Å²) in [7, 11) is -2.30. The highest BCUT2D eigenvalue weighted by molar-refractivity contribution is 7.91. The minimum Gasteiger partial charge on any atom is -0.490 e. The van der Waals surface area contributed by atoms with Gasteiger partial charge in [0.2, 0.25) is 0 Å². The van der Waals surface area contributed by atoms with Gasteiger partial charge in [-0.25, -0.2) is 8.42 Å². The fourth-order valence-electron chi connectivity index (χ4n) is 3.46. The first-order valence-corrected chi connectivity index (χ1v) is 12.7. The third-order valence-electron chi connectivity index (χ3n) is 5.23. The molecule has 0 radical (unpaired) electrons. The van der Waals surface area contributed by atoms with Gasteiger partial charge < -0.3 is 14.8 Å². The summed E-state index contributed by atoms with van der Waals surface area (Å²) in [5.74, 6) is -1.33. The molecular formula is C21H25N3O8S2. The van der Waals surface area contributed by atoms with Crippen LogP contribution in [0.2, 0.25) is 0 Å². The third kappa shape index (κ3) is 6.10. The minimum absolute atomic E-state index is 0.0177. The second-order valence-corrected chi connectivity index (χ2v) is 11.0. The van der Waals surface area contributed by atoms with Gasteiger partial charge in [0.15, 0.2) is 12.4 Å². The highest BCUT2D eigenvalue weighted by Crippen LogP contribution is 2.32. The smallest absolute Gasteiger partial charge is 0.311 e. The number of carbonyl (C=O) groups excluding carboxylic acids is 2. The van der Waals surface area contributed by atoms with Gasteiger partial charge in [-0.2, -0.15) is 4.31 Å². The summed E-state index contributed by atoms with van der Waals surface area (Å²) in [4.78, 5) is 35.4. The van der Waals surface area contributed by atoms with Crippen LogP contribution in [0.3, 0.4) is 0 Å². The quantitative estimate of drug-likeness (QED) is 0.307. The first kappa shape index (κ1) is 25.6. The van der Waals surface area contributed by atoms with Crippen molar-refractivity contribution in [1.82, 2.24) is 4.31 Å².